The quantitative estimate of drug-likeness (QED) is 0.310. The first-order valence-electron chi connectivity index (χ1n) is 10.7. The van der Waals surface area contributed by atoms with Crippen molar-refractivity contribution >= 4 is 17.1 Å². The molecule has 33 heavy (non-hydrogen) atoms. The van der Waals surface area contributed by atoms with Crippen molar-refractivity contribution in [2.24, 2.45) is 5.10 Å². The number of ether oxygens (including phenoxy) is 2. The van der Waals surface area contributed by atoms with Gasteiger partial charge < -0.3 is 19.5 Å². The van der Waals surface area contributed by atoms with Gasteiger partial charge in [-0.2, -0.15) is 10.4 Å². The zero-order valence-electron chi connectivity index (χ0n) is 19.0. The Bertz CT molecular complexity index is 1350. The zero-order valence-corrected chi connectivity index (χ0v) is 19.0. The normalized spacial score (nSPS) is 11.0. The van der Waals surface area contributed by atoms with Crippen molar-refractivity contribution in [3.05, 3.63) is 94.7 Å². The number of aromatic nitrogens is 1. The summed E-state index contributed by atoms with van der Waals surface area (Å²) in [6, 6.07) is 24.1. The molecule has 6 heteroatoms. The molecule has 0 atom stereocenters. The summed E-state index contributed by atoms with van der Waals surface area (Å²) >= 11 is 0. The van der Waals surface area contributed by atoms with Gasteiger partial charge in [0.2, 0.25) is 0 Å². The lowest BCUT2D eigenvalue weighted by molar-refractivity contribution is 0.354. The fourth-order valence-corrected chi connectivity index (χ4v) is 4.00. The number of rotatable bonds is 8. The molecule has 0 bridgehead atoms. The molecule has 0 saturated heterocycles. The Kier molecular flexibility index (Phi) is 6.61. The van der Waals surface area contributed by atoms with E-state index in [1.807, 2.05) is 60.8 Å². The Labute approximate surface area is 193 Å². The maximum Gasteiger partial charge on any atom is 0.161 e. The summed E-state index contributed by atoms with van der Waals surface area (Å²) in [5, 5.41) is 15.1. The number of para-hydroxylation sites is 1. The highest BCUT2D eigenvalue weighted by Crippen LogP contribution is 2.28. The van der Waals surface area contributed by atoms with Gasteiger partial charge >= 0.3 is 0 Å². The summed E-state index contributed by atoms with van der Waals surface area (Å²) in [4.78, 5) is 0. The van der Waals surface area contributed by atoms with Gasteiger partial charge in [-0.15, -0.1) is 0 Å². The van der Waals surface area contributed by atoms with Crippen LogP contribution in [0.5, 0.6) is 11.5 Å². The summed E-state index contributed by atoms with van der Waals surface area (Å²) < 4.78 is 12.9. The second kappa shape index (κ2) is 9.92. The largest absolute Gasteiger partial charge is 0.493 e. The lowest BCUT2D eigenvalue weighted by Gasteiger charge is -2.10. The number of benzene rings is 3. The first kappa shape index (κ1) is 22.0. The Hall–Kier alpha value is -4.24. The molecule has 0 saturated carbocycles. The van der Waals surface area contributed by atoms with E-state index in [4.69, 9.17) is 9.47 Å². The minimum atomic E-state index is 0.560. The molecule has 0 aliphatic rings. The summed E-state index contributed by atoms with van der Waals surface area (Å²) in [6.07, 6.45) is 1.87. The van der Waals surface area contributed by atoms with Gasteiger partial charge in [0.25, 0.3) is 0 Å². The molecule has 0 unspecified atom stereocenters. The van der Waals surface area contributed by atoms with Crippen molar-refractivity contribution in [2.75, 3.05) is 14.2 Å². The SMILES string of the molecule is COc1ccc(CN/N=C\c2c(C)n(Cc3ccccc3C#N)c3ccccc23)cc1OC. The third-order valence-electron chi connectivity index (χ3n) is 5.76. The van der Waals surface area contributed by atoms with Gasteiger partial charge in [-0.1, -0.05) is 42.5 Å². The number of nitriles is 1. The molecule has 0 aliphatic carbocycles. The van der Waals surface area contributed by atoms with Gasteiger partial charge in [-0.25, -0.2) is 0 Å². The van der Waals surface area contributed by atoms with Crippen LogP contribution in [0.4, 0.5) is 0 Å². The Morgan fingerprint density at radius 3 is 2.55 bits per heavy atom. The molecular weight excluding hydrogens is 412 g/mol. The summed E-state index contributed by atoms with van der Waals surface area (Å²) in [5.74, 6) is 1.39. The smallest absolute Gasteiger partial charge is 0.161 e. The highest BCUT2D eigenvalue weighted by atomic mass is 16.5. The maximum absolute atomic E-state index is 9.48. The highest BCUT2D eigenvalue weighted by Gasteiger charge is 2.14. The van der Waals surface area contributed by atoms with Gasteiger partial charge in [0.1, 0.15) is 0 Å². The molecule has 3 aromatic carbocycles. The maximum atomic E-state index is 9.48. The van der Waals surface area contributed by atoms with Gasteiger partial charge in [0, 0.05) is 28.7 Å². The van der Waals surface area contributed by atoms with Gasteiger partial charge in [0.05, 0.1) is 38.6 Å². The van der Waals surface area contributed by atoms with E-state index in [1.165, 1.54) is 0 Å². The van der Waals surface area contributed by atoms with Crippen molar-refractivity contribution in [3.63, 3.8) is 0 Å². The predicted octanol–water partition coefficient (Wildman–Crippen LogP) is 5.01. The van der Waals surface area contributed by atoms with E-state index < -0.39 is 0 Å². The third kappa shape index (κ3) is 4.53. The molecule has 0 amide bonds. The number of nitrogens with zero attached hydrogens (tertiary/aromatic N) is 3. The number of nitrogens with one attached hydrogen (secondary N) is 1. The molecule has 1 aromatic heterocycles. The van der Waals surface area contributed by atoms with E-state index in [0.29, 0.717) is 30.2 Å². The number of hydrogen-bond acceptors (Lipinski definition) is 5. The van der Waals surface area contributed by atoms with Crippen molar-refractivity contribution < 1.29 is 9.47 Å². The third-order valence-corrected chi connectivity index (χ3v) is 5.76. The summed E-state index contributed by atoms with van der Waals surface area (Å²) in [6.45, 7) is 3.28. The minimum absolute atomic E-state index is 0.560. The Balaban J connectivity index is 1.58. The number of fused-ring (bicyclic) bond motifs is 1. The molecule has 166 valence electrons. The molecule has 1 heterocycles. The minimum Gasteiger partial charge on any atom is -0.493 e. The summed E-state index contributed by atoms with van der Waals surface area (Å²) in [5.41, 5.74) is 9.13. The molecule has 4 rings (SSSR count). The lowest BCUT2D eigenvalue weighted by atomic mass is 10.1. The van der Waals surface area contributed by atoms with E-state index >= 15 is 0 Å². The van der Waals surface area contributed by atoms with E-state index in [9.17, 15) is 5.26 Å². The van der Waals surface area contributed by atoms with Crippen LogP contribution in [0.15, 0.2) is 71.8 Å². The molecule has 0 fully saturated rings. The Morgan fingerprint density at radius 2 is 1.76 bits per heavy atom. The topological polar surface area (TPSA) is 71.6 Å². The van der Waals surface area contributed by atoms with E-state index in [-0.39, 0.29) is 0 Å². The molecule has 0 aliphatic heterocycles. The Morgan fingerprint density at radius 1 is 1.00 bits per heavy atom. The van der Waals surface area contributed by atoms with Crippen LogP contribution >= 0.6 is 0 Å². The average Bonchev–Trinajstić information content (AvgIpc) is 3.12. The van der Waals surface area contributed by atoms with Crippen LogP contribution in [0.1, 0.15) is 27.9 Å². The van der Waals surface area contributed by atoms with Crippen molar-refractivity contribution in [1.29, 1.82) is 5.26 Å². The molecule has 4 aromatic rings. The predicted molar refractivity (Wildman–Crippen MR) is 131 cm³/mol. The standard InChI is InChI=1S/C27H26N4O2/c1-19-24(17-30-29-16-20-12-13-26(32-2)27(14-20)33-3)23-10-6-7-11-25(23)31(19)18-22-9-5-4-8-21(22)15-28/h4-14,17,29H,16,18H2,1-3H3/b30-17-. The van der Waals surface area contributed by atoms with Crippen LogP contribution < -0.4 is 14.9 Å². The first-order valence-corrected chi connectivity index (χ1v) is 10.7. The number of methoxy groups -OCH3 is 2. The fourth-order valence-electron chi connectivity index (χ4n) is 4.00. The van der Waals surface area contributed by atoms with Crippen molar-refractivity contribution in [2.45, 2.75) is 20.0 Å². The molecular formula is C27H26N4O2. The van der Waals surface area contributed by atoms with E-state index in [1.54, 1.807) is 14.2 Å². The zero-order chi connectivity index (χ0) is 23.2. The van der Waals surface area contributed by atoms with E-state index in [0.717, 1.165) is 33.3 Å². The molecule has 0 spiro atoms. The van der Waals surface area contributed by atoms with Crippen LogP contribution in [-0.4, -0.2) is 25.0 Å². The second-order valence-corrected chi connectivity index (χ2v) is 7.65. The van der Waals surface area contributed by atoms with Crippen LogP contribution in [-0.2, 0) is 13.1 Å². The van der Waals surface area contributed by atoms with Gasteiger partial charge in [0.15, 0.2) is 11.5 Å². The number of hydrogen-bond donors (Lipinski definition) is 1. The van der Waals surface area contributed by atoms with Gasteiger partial charge in [-0.05, 0) is 42.3 Å². The molecule has 1 N–H and O–H groups in total. The van der Waals surface area contributed by atoms with Crippen LogP contribution in [0.2, 0.25) is 0 Å². The fraction of sp³-hybridized carbons (Fsp3) is 0.185. The van der Waals surface area contributed by atoms with Crippen LogP contribution in [0, 0.1) is 18.3 Å². The van der Waals surface area contributed by atoms with Gasteiger partial charge in [-0.3, -0.25) is 0 Å². The van der Waals surface area contributed by atoms with E-state index in [2.05, 4.69) is 40.2 Å². The summed E-state index contributed by atoms with van der Waals surface area (Å²) in [7, 11) is 3.25. The molecule has 0 radical (unpaired) electrons. The second-order valence-electron chi connectivity index (χ2n) is 7.65. The average molecular weight is 439 g/mol. The van der Waals surface area contributed by atoms with Crippen LogP contribution in [0.3, 0.4) is 0 Å². The monoisotopic (exact) mass is 438 g/mol. The van der Waals surface area contributed by atoms with Crippen molar-refractivity contribution in [1.82, 2.24) is 9.99 Å². The first-order chi connectivity index (χ1) is 16.2. The lowest BCUT2D eigenvalue weighted by Crippen LogP contribution is -2.07. The number of hydrazone groups is 1. The highest BCUT2D eigenvalue weighted by molar-refractivity contribution is 6.01. The van der Waals surface area contributed by atoms with Crippen LogP contribution in [0.25, 0.3) is 10.9 Å². The molecule has 6 nitrogen and oxygen atoms in total. The van der Waals surface area contributed by atoms with Crippen molar-refractivity contribution in [3.8, 4) is 17.6 Å².